The molecule has 4 nitrogen and oxygen atoms in total. The Morgan fingerprint density at radius 1 is 0.710 bits per heavy atom. The number of aromatic nitrogens is 1. The molecule has 0 saturated heterocycles. The van der Waals surface area contributed by atoms with E-state index in [2.05, 4.69) is 189 Å². The molecule has 0 atom stereocenters. The molecule has 62 heavy (non-hydrogen) atoms. The number of aryl methyl sites for hydroxylation is 4. The molecular weight excluding hydrogens is 992 g/mol. The summed E-state index contributed by atoms with van der Waals surface area (Å²) in [6.07, 6.45) is 9.05. The number of nitrogens with zero attached hydrogens (tertiary/aromatic N) is 1. The number of H-pyrrole nitrogens is 1. The maximum Gasteiger partial charge on any atom is 0.0117 e. The van der Waals surface area contributed by atoms with E-state index >= 15 is 0 Å². The van der Waals surface area contributed by atoms with Crippen molar-refractivity contribution in [3.05, 3.63) is 132 Å². The van der Waals surface area contributed by atoms with Gasteiger partial charge < -0.3 is 14.5 Å². The number of nitrogens with one attached hydrogen (secondary N) is 1. The van der Waals surface area contributed by atoms with Crippen molar-refractivity contribution in [3.8, 4) is 22.6 Å². The summed E-state index contributed by atoms with van der Waals surface area (Å²) in [7, 11) is -2.08. The molecule has 0 spiro atoms. The minimum Gasteiger partial charge on any atom is -0.363 e. The Morgan fingerprint density at radius 3 is 1.69 bits per heavy atom. The zero-order valence-corrected chi connectivity index (χ0v) is 46.0. The number of hydrogen-bond donors (Lipinski definition) is 2. The van der Waals surface area contributed by atoms with E-state index in [-0.39, 0.29) is 10.5 Å². The number of aromatic hydroxyl groups is 1. The van der Waals surface area contributed by atoms with Crippen molar-refractivity contribution >= 4 is 50.3 Å². The zero-order valence-electron chi connectivity index (χ0n) is 39.8. The van der Waals surface area contributed by atoms with Crippen LogP contribution >= 0.6 is 31.9 Å². The number of hydrogen-bond acceptors (Lipinski definition) is 3. The van der Waals surface area contributed by atoms with Crippen molar-refractivity contribution in [3.63, 3.8) is 0 Å². The third-order valence-corrected chi connectivity index (χ3v) is 20.8. The number of benzene rings is 4. The molecule has 0 bridgehead atoms. The van der Waals surface area contributed by atoms with Crippen molar-refractivity contribution < 1.29 is 27.5 Å². The Morgan fingerprint density at radius 2 is 1.21 bits per heavy atom. The maximum absolute atomic E-state index is 11.4. The standard InChI is InChI=1S/C26H34Br2O2Si.C12H17N.C10H12.C6H9N.Mo/c1-26(2,3)31(4,5)30-25-21(28)15-17-11-7-9-13-19(17)23(25)22-18-12-8-6-10-16(18)14-20(27)24(22)29;1-8(2)10-6-5-7-11(9(3)4)12(10)13;1-10(2,3)9-7-5-4-6-8-9;1-5-3-4-6(2)7-5;/h14-15,29H,6-13H2,1-5H3;5-9H,1-4H3;1,4-8H,2-3H3;3-4,7H,1-2H3;. The summed E-state index contributed by atoms with van der Waals surface area (Å²) in [6, 6.07) is 25.9. The summed E-state index contributed by atoms with van der Waals surface area (Å²) < 4.78 is 16.4. The molecule has 0 fully saturated rings. The van der Waals surface area contributed by atoms with Crippen molar-refractivity contribution in [2.24, 2.45) is 3.50 Å². The maximum atomic E-state index is 11.4. The van der Waals surface area contributed by atoms with Crippen LogP contribution in [0.4, 0.5) is 5.69 Å². The van der Waals surface area contributed by atoms with Gasteiger partial charge in [-0.25, -0.2) is 0 Å². The van der Waals surface area contributed by atoms with E-state index in [0.29, 0.717) is 17.6 Å². The first kappa shape index (κ1) is 50.3. The van der Waals surface area contributed by atoms with Crippen LogP contribution < -0.4 is 4.43 Å². The van der Waals surface area contributed by atoms with E-state index in [0.717, 1.165) is 51.5 Å². The van der Waals surface area contributed by atoms with Gasteiger partial charge >= 0.3 is 156 Å². The predicted octanol–water partition coefficient (Wildman–Crippen LogP) is 17.0. The predicted molar refractivity (Wildman–Crippen MR) is 273 cm³/mol. The quantitative estimate of drug-likeness (QED) is 0.152. The van der Waals surface area contributed by atoms with Crippen LogP contribution in [0.3, 0.4) is 0 Å². The molecule has 0 unspecified atom stereocenters. The van der Waals surface area contributed by atoms with E-state index in [1.165, 1.54) is 81.7 Å². The van der Waals surface area contributed by atoms with E-state index in [4.69, 9.17) is 7.92 Å². The van der Waals surface area contributed by atoms with Gasteiger partial charge in [0.05, 0.1) is 8.95 Å². The zero-order chi connectivity index (χ0) is 45.6. The fraction of sp³-hybridized carbons (Fsp3) is 0.463. The molecular formula is C54H72Br2MoN2O2Si. The Labute approximate surface area is 400 Å². The Bertz CT molecular complexity index is 2340. The fourth-order valence-corrected chi connectivity index (χ4v) is 12.3. The Balaban J connectivity index is 0.000000207. The number of aromatic amines is 1. The molecule has 5 aromatic rings. The van der Waals surface area contributed by atoms with Gasteiger partial charge in [0.2, 0.25) is 0 Å². The van der Waals surface area contributed by atoms with Crippen LogP contribution in [-0.4, -0.2) is 22.8 Å². The van der Waals surface area contributed by atoms with E-state index in [1.54, 1.807) is 0 Å². The minimum absolute atomic E-state index is 0.0811. The van der Waals surface area contributed by atoms with Gasteiger partial charge in [0.25, 0.3) is 8.32 Å². The minimum atomic E-state index is -2.08. The van der Waals surface area contributed by atoms with Gasteiger partial charge in [-0.1, -0.05) is 20.8 Å². The van der Waals surface area contributed by atoms with Gasteiger partial charge in [-0.05, 0) is 162 Å². The summed E-state index contributed by atoms with van der Waals surface area (Å²) in [5, 5.41) is 11.5. The molecule has 0 radical (unpaired) electrons. The largest absolute Gasteiger partial charge is 0.363 e. The second-order valence-electron chi connectivity index (χ2n) is 20.0. The molecule has 1 aromatic heterocycles. The van der Waals surface area contributed by atoms with Crippen molar-refractivity contribution in [2.75, 3.05) is 0 Å². The van der Waals surface area contributed by atoms with Gasteiger partial charge in [-0.15, -0.1) is 0 Å². The van der Waals surface area contributed by atoms with Crippen LogP contribution in [0.5, 0.6) is 11.5 Å². The van der Waals surface area contributed by atoms with E-state index < -0.39 is 26.2 Å². The molecule has 2 aliphatic carbocycles. The number of fused-ring (bicyclic) bond motifs is 2. The molecule has 0 amide bonds. The average Bonchev–Trinajstić information content (AvgIpc) is 3.60. The van der Waals surface area contributed by atoms with Crippen molar-refractivity contribution in [1.29, 1.82) is 0 Å². The second-order valence-corrected chi connectivity index (χ2v) is 28.0. The smallest absolute Gasteiger partial charge is 0.0117 e. The summed E-state index contributed by atoms with van der Waals surface area (Å²) in [4.78, 5) is 3.14. The van der Waals surface area contributed by atoms with Crippen LogP contribution in [0.1, 0.15) is 150 Å². The van der Waals surface area contributed by atoms with Crippen LogP contribution in [0.25, 0.3) is 11.1 Å². The van der Waals surface area contributed by atoms with Crippen LogP contribution in [0.15, 0.2) is 85.2 Å². The normalized spacial score (nSPS) is 13.9. The summed E-state index contributed by atoms with van der Waals surface area (Å²) >= 11 is 6.99. The molecule has 2 aliphatic rings. The Hall–Kier alpha value is -2.70. The van der Waals surface area contributed by atoms with Crippen molar-refractivity contribution in [1.82, 2.24) is 4.98 Å². The van der Waals surface area contributed by atoms with Gasteiger partial charge in [-0.2, -0.15) is 0 Å². The number of halogens is 2. The molecule has 4 aromatic carbocycles. The van der Waals surface area contributed by atoms with Crippen LogP contribution in [0, 0.1) is 13.8 Å². The number of phenols is 1. The monoisotopic (exact) mass is 1060 g/mol. The summed E-state index contributed by atoms with van der Waals surface area (Å²) in [5.41, 5.74) is 15.6. The second kappa shape index (κ2) is 21.5. The Kier molecular flexibility index (Phi) is 17.5. The van der Waals surface area contributed by atoms with Gasteiger partial charge in [0.15, 0.2) is 0 Å². The SMILES string of the molecule is CC(C)(C)[Si](C)(C)Oc1c(Br)cc2c(c1-c1c(O)c(Br)cc3c1CCCC3)CCCC2.CC(C)c1cccc(C(C)C)c1[N]=[Mo]=[CH]C(C)(C)c1ccccc1.Cc1ccc(C)[nH]1. The molecule has 334 valence electrons. The van der Waals surface area contributed by atoms with Gasteiger partial charge in [-0.3, -0.25) is 0 Å². The summed E-state index contributed by atoms with van der Waals surface area (Å²) in [5.74, 6) is 2.33. The summed E-state index contributed by atoms with van der Waals surface area (Å²) in [6.45, 7) is 29.2. The topological polar surface area (TPSA) is 57.6 Å². The van der Waals surface area contributed by atoms with Crippen LogP contribution in [0.2, 0.25) is 18.1 Å². The van der Waals surface area contributed by atoms with E-state index in [1.807, 2.05) is 13.8 Å². The molecule has 1 heterocycles. The van der Waals surface area contributed by atoms with Crippen molar-refractivity contribution in [2.45, 2.75) is 163 Å². The molecule has 0 aliphatic heterocycles. The first-order valence-electron chi connectivity index (χ1n) is 22.7. The molecule has 8 heteroatoms. The molecule has 7 rings (SSSR count). The first-order chi connectivity index (χ1) is 29.1. The third kappa shape index (κ3) is 12.3. The van der Waals surface area contributed by atoms with Crippen LogP contribution in [-0.2, 0) is 49.0 Å². The number of phenolic OH excluding ortho intramolecular Hbond substituents is 1. The third-order valence-electron chi connectivity index (χ3n) is 12.9. The fourth-order valence-electron chi connectivity index (χ4n) is 8.16. The van der Waals surface area contributed by atoms with Gasteiger partial charge in [0, 0.05) is 22.5 Å². The first-order valence-corrected chi connectivity index (χ1v) is 29.3. The molecule has 2 N–H and O–H groups in total. The average molecular weight is 1070 g/mol. The molecule has 0 saturated carbocycles. The number of rotatable bonds is 8. The van der Waals surface area contributed by atoms with E-state index in [9.17, 15) is 5.11 Å². The van der Waals surface area contributed by atoms with Gasteiger partial charge in [0.1, 0.15) is 11.5 Å².